The largest absolute Gasteiger partial charge is 0.481 e. The molecule has 1 heterocycles. The highest BCUT2D eigenvalue weighted by atomic mass is 35.5. The molecular weight excluding hydrogens is 254 g/mol. The Kier molecular flexibility index (Phi) is 3.13. The predicted molar refractivity (Wildman–Crippen MR) is 70.3 cm³/mol. The number of aromatic nitrogens is 1. The van der Waals surface area contributed by atoms with E-state index in [1.165, 1.54) is 4.57 Å². The summed E-state index contributed by atoms with van der Waals surface area (Å²) in [6.07, 6.45) is -0.277. The Morgan fingerprint density at radius 3 is 2.72 bits per heavy atom. The zero-order valence-electron chi connectivity index (χ0n) is 10.0. The maximum atomic E-state index is 12.1. The zero-order valence-corrected chi connectivity index (χ0v) is 10.8. The molecule has 0 aliphatic heterocycles. The predicted octanol–water partition coefficient (Wildman–Crippen LogP) is 2.13. The second kappa shape index (κ2) is 4.46. The summed E-state index contributed by atoms with van der Waals surface area (Å²) in [5.74, 6) is -1.02. The highest BCUT2D eigenvalue weighted by Gasteiger charge is 2.15. The Hall–Kier alpha value is -1.81. The highest BCUT2D eigenvalue weighted by Crippen LogP contribution is 2.25. The summed E-state index contributed by atoms with van der Waals surface area (Å²) in [6.45, 7) is 1.75. The van der Waals surface area contributed by atoms with Gasteiger partial charge in [-0.3, -0.25) is 9.59 Å². The summed E-state index contributed by atoms with van der Waals surface area (Å²) in [6, 6.07) is 5.33. The number of carbonyl (C=O) groups is 1. The van der Waals surface area contributed by atoms with Gasteiger partial charge in [-0.15, -0.1) is 0 Å². The second-order valence-corrected chi connectivity index (χ2v) is 4.58. The summed E-state index contributed by atoms with van der Waals surface area (Å²) in [5, 5.41) is 10.1. The number of hydrogen-bond donors (Lipinski definition) is 1. The van der Waals surface area contributed by atoms with Crippen LogP contribution in [-0.4, -0.2) is 15.6 Å². The van der Waals surface area contributed by atoms with E-state index in [9.17, 15) is 9.59 Å². The van der Waals surface area contributed by atoms with Crippen LogP contribution in [0.5, 0.6) is 0 Å². The van der Waals surface area contributed by atoms with Crippen LogP contribution in [0.25, 0.3) is 10.9 Å². The molecule has 94 valence electrons. The van der Waals surface area contributed by atoms with Crippen LogP contribution in [0.2, 0.25) is 5.02 Å². The Morgan fingerprint density at radius 2 is 2.11 bits per heavy atom. The Bertz CT molecular complexity index is 703. The molecule has 0 aliphatic rings. The average Bonchev–Trinajstić information content (AvgIpc) is 2.31. The first-order valence-electron chi connectivity index (χ1n) is 5.42. The standard InChI is InChI=1S/C13H12ClNO3/c1-7-8-4-3-5-10(14)12(8)15(2)13(18)9(7)6-11(16)17/h3-5H,6H2,1-2H3,(H,16,17). The van der Waals surface area contributed by atoms with Gasteiger partial charge in [-0.2, -0.15) is 0 Å². The molecule has 4 nitrogen and oxygen atoms in total. The molecule has 0 unspecified atom stereocenters. The number of carboxylic acids is 1. The van der Waals surface area contributed by atoms with Crippen molar-refractivity contribution in [3.8, 4) is 0 Å². The summed E-state index contributed by atoms with van der Waals surface area (Å²) in [7, 11) is 1.60. The van der Waals surface area contributed by atoms with E-state index in [-0.39, 0.29) is 12.0 Å². The molecule has 1 N–H and O–H groups in total. The van der Waals surface area contributed by atoms with Gasteiger partial charge in [-0.05, 0) is 18.6 Å². The fourth-order valence-corrected chi connectivity index (χ4v) is 2.45. The van der Waals surface area contributed by atoms with Gasteiger partial charge in [0.25, 0.3) is 5.56 Å². The van der Waals surface area contributed by atoms with Crippen molar-refractivity contribution in [1.82, 2.24) is 4.57 Å². The van der Waals surface area contributed by atoms with Crippen molar-refractivity contribution >= 4 is 28.5 Å². The summed E-state index contributed by atoms with van der Waals surface area (Å²) >= 11 is 6.09. The molecule has 2 rings (SSSR count). The van der Waals surface area contributed by atoms with E-state index < -0.39 is 5.97 Å². The highest BCUT2D eigenvalue weighted by molar-refractivity contribution is 6.35. The van der Waals surface area contributed by atoms with Crippen LogP contribution < -0.4 is 5.56 Å². The molecule has 18 heavy (non-hydrogen) atoms. The number of rotatable bonds is 2. The molecule has 0 atom stereocenters. The van der Waals surface area contributed by atoms with Crippen molar-refractivity contribution < 1.29 is 9.90 Å². The van der Waals surface area contributed by atoms with Gasteiger partial charge in [0.1, 0.15) is 0 Å². The maximum Gasteiger partial charge on any atom is 0.308 e. The third kappa shape index (κ3) is 1.88. The first kappa shape index (κ1) is 12.6. The molecule has 0 radical (unpaired) electrons. The third-order valence-electron chi connectivity index (χ3n) is 3.07. The molecule has 0 bridgehead atoms. The van der Waals surface area contributed by atoms with E-state index in [2.05, 4.69) is 0 Å². The quantitative estimate of drug-likeness (QED) is 0.905. The minimum absolute atomic E-state index is 0.277. The van der Waals surface area contributed by atoms with Crippen LogP contribution in [0, 0.1) is 6.92 Å². The van der Waals surface area contributed by atoms with Gasteiger partial charge in [0.15, 0.2) is 0 Å². The van der Waals surface area contributed by atoms with E-state index in [1.54, 1.807) is 26.1 Å². The first-order valence-corrected chi connectivity index (χ1v) is 5.79. The Morgan fingerprint density at radius 1 is 1.44 bits per heavy atom. The number of aliphatic carboxylic acids is 1. The molecule has 5 heteroatoms. The molecule has 1 aromatic heterocycles. The first-order chi connectivity index (χ1) is 8.43. The number of carboxylic acid groups (broad SMARTS) is 1. The van der Waals surface area contributed by atoms with Crippen molar-refractivity contribution in [2.45, 2.75) is 13.3 Å². The van der Waals surface area contributed by atoms with E-state index >= 15 is 0 Å². The molecule has 0 saturated carbocycles. The number of pyridine rings is 1. The van der Waals surface area contributed by atoms with Crippen LogP contribution in [0.3, 0.4) is 0 Å². The second-order valence-electron chi connectivity index (χ2n) is 4.17. The fraction of sp³-hybridized carbons (Fsp3) is 0.231. The average molecular weight is 266 g/mol. The van der Waals surface area contributed by atoms with E-state index in [0.717, 1.165) is 5.39 Å². The number of aryl methyl sites for hydroxylation is 2. The van der Waals surface area contributed by atoms with Crippen LogP contribution >= 0.6 is 11.6 Å². The van der Waals surface area contributed by atoms with Gasteiger partial charge in [-0.1, -0.05) is 23.7 Å². The lowest BCUT2D eigenvalue weighted by molar-refractivity contribution is -0.136. The summed E-state index contributed by atoms with van der Waals surface area (Å²) in [4.78, 5) is 22.9. The van der Waals surface area contributed by atoms with E-state index in [4.69, 9.17) is 16.7 Å². The molecule has 0 saturated heterocycles. The lowest BCUT2D eigenvalue weighted by atomic mass is 10.0. The smallest absolute Gasteiger partial charge is 0.308 e. The van der Waals surface area contributed by atoms with Gasteiger partial charge in [-0.25, -0.2) is 0 Å². The van der Waals surface area contributed by atoms with Gasteiger partial charge in [0, 0.05) is 18.0 Å². The lowest BCUT2D eigenvalue weighted by Gasteiger charge is -2.12. The van der Waals surface area contributed by atoms with Crippen molar-refractivity contribution in [3.63, 3.8) is 0 Å². The number of benzene rings is 1. The Balaban J connectivity index is 2.92. The van der Waals surface area contributed by atoms with Gasteiger partial charge >= 0.3 is 5.97 Å². The molecule has 0 aliphatic carbocycles. The lowest BCUT2D eigenvalue weighted by Crippen LogP contribution is -2.25. The number of halogens is 1. The van der Waals surface area contributed by atoms with Crippen molar-refractivity contribution in [2.75, 3.05) is 0 Å². The molecule has 0 fully saturated rings. The summed E-state index contributed by atoms with van der Waals surface area (Å²) < 4.78 is 1.41. The van der Waals surface area contributed by atoms with Crippen molar-refractivity contribution in [2.24, 2.45) is 7.05 Å². The molecule has 0 amide bonds. The SMILES string of the molecule is Cc1c(CC(=O)O)c(=O)n(C)c2c(Cl)cccc12. The van der Waals surface area contributed by atoms with Crippen molar-refractivity contribution in [1.29, 1.82) is 0 Å². The van der Waals surface area contributed by atoms with Gasteiger partial charge in [0.05, 0.1) is 17.0 Å². The monoisotopic (exact) mass is 265 g/mol. The molecule has 0 spiro atoms. The third-order valence-corrected chi connectivity index (χ3v) is 3.37. The normalized spacial score (nSPS) is 10.8. The zero-order chi connectivity index (χ0) is 13.4. The number of nitrogens with zero attached hydrogens (tertiary/aromatic N) is 1. The van der Waals surface area contributed by atoms with Gasteiger partial charge in [0.2, 0.25) is 0 Å². The molecule has 1 aromatic carbocycles. The summed E-state index contributed by atoms with van der Waals surface area (Å²) in [5.41, 5.74) is 1.31. The van der Waals surface area contributed by atoms with E-state index in [1.807, 2.05) is 6.07 Å². The minimum Gasteiger partial charge on any atom is -0.481 e. The van der Waals surface area contributed by atoms with Crippen LogP contribution in [0.1, 0.15) is 11.1 Å². The number of para-hydroxylation sites is 1. The van der Waals surface area contributed by atoms with Gasteiger partial charge < -0.3 is 9.67 Å². The number of hydrogen-bond acceptors (Lipinski definition) is 2. The van der Waals surface area contributed by atoms with Crippen LogP contribution in [-0.2, 0) is 18.3 Å². The van der Waals surface area contributed by atoms with Crippen molar-refractivity contribution in [3.05, 3.63) is 44.7 Å². The topological polar surface area (TPSA) is 59.3 Å². The fourth-order valence-electron chi connectivity index (χ4n) is 2.15. The number of fused-ring (bicyclic) bond motifs is 1. The molecular formula is C13H12ClNO3. The van der Waals surface area contributed by atoms with Crippen LogP contribution in [0.4, 0.5) is 0 Å². The molecule has 2 aromatic rings. The minimum atomic E-state index is -1.02. The maximum absolute atomic E-state index is 12.1. The van der Waals surface area contributed by atoms with Crippen LogP contribution in [0.15, 0.2) is 23.0 Å². The van der Waals surface area contributed by atoms with E-state index in [0.29, 0.717) is 21.7 Å². The Labute approximate surface area is 108 Å².